The van der Waals surface area contributed by atoms with E-state index in [0.717, 1.165) is 0 Å². The standard InChI is InChI=1S/C15H26O5/c1-9(2)7-11(14(17)19-5)13(16)12(8-10(3)4)15(18)20-6/h9-12H,7-8H2,1-6H3. The molecule has 5 nitrogen and oxygen atoms in total. The van der Waals surface area contributed by atoms with Gasteiger partial charge >= 0.3 is 11.9 Å². The van der Waals surface area contributed by atoms with Crippen molar-refractivity contribution in [1.82, 2.24) is 0 Å². The Morgan fingerprint density at radius 1 is 0.750 bits per heavy atom. The zero-order chi connectivity index (χ0) is 15.9. The molecule has 0 saturated heterocycles. The minimum absolute atomic E-state index is 0.153. The molecule has 0 aromatic heterocycles. The Balaban J connectivity index is 5.22. The second kappa shape index (κ2) is 8.72. The molecule has 0 aromatic carbocycles. The summed E-state index contributed by atoms with van der Waals surface area (Å²) in [5.41, 5.74) is 0. The second-order valence-corrected chi connectivity index (χ2v) is 5.81. The predicted molar refractivity (Wildman–Crippen MR) is 74.9 cm³/mol. The maximum atomic E-state index is 12.5. The van der Waals surface area contributed by atoms with Crippen LogP contribution in [0.3, 0.4) is 0 Å². The van der Waals surface area contributed by atoms with Crippen molar-refractivity contribution in [2.24, 2.45) is 23.7 Å². The lowest BCUT2D eigenvalue weighted by Gasteiger charge is -2.21. The van der Waals surface area contributed by atoms with E-state index in [4.69, 9.17) is 9.47 Å². The third-order valence-electron chi connectivity index (χ3n) is 3.07. The third-order valence-corrected chi connectivity index (χ3v) is 3.07. The quantitative estimate of drug-likeness (QED) is 0.505. The number of ether oxygens (including phenoxy) is 2. The molecule has 0 bridgehead atoms. The Hall–Kier alpha value is -1.39. The van der Waals surface area contributed by atoms with Gasteiger partial charge in [-0.3, -0.25) is 14.4 Å². The number of hydrogen-bond acceptors (Lipinski definition) is 5. The molecule has 0 spiro atoms. The van der Waals surface area contributed by atoms with E-state index in [-0.39, 0.29) is 11.8 Å². The topological polar surface area (TPSA) is 69.7 Å². The number of Topliss-reactive ketones (excluding diaryl/α,β-unsaturated/α-hetero) is 1. The lowest BCUT2D eigenvalue weighted by molar-refractivity contribution is -0.156. The van der Waals surface area contributed by atoms with Crippen molar-refractivity contribution in [1.29, 1.82) is 0 Å². The van der Waals surface area contributed by atoms with Gasteiger partial charge in [0.05, 0.1) is 14.2 Å². The molecule has 0 aliphatic carbocycles. The highest BCUT2D eigenvalue weighted by Gasteiger charge is 2.38. The molecule has 5 heteroatoms. The van der Waals surface area contributed by atoms with E-state index in [1.54, 1.807) is 0 Å². The average molecular weight is 286 g/mol. The fourth-order valence-electron chi connectivity index (χ4n) is 2.13. The van der Waals surface area contributed by atoms with Gasteiger partial charge < -0.3 is 9.47 Å². The van der Waals surface area contributed by atoms with Crippen LogP contribution in [0, 0.1) is 23.7 Å². The Morgan fingerprint density at radius 3 is 1.25 bits per heavy atom. The van der Waals surface area contributed by atoms with Crippen LogP contribution in [-0.2, 0) is 23.9 Å². The molecule has 116 valence electrons. The first kappa shape index (κ1) is 18.6. The summed E-state index contributed by atoms with van der Waals surface area (Å²) in [5, 5.41) is 0. The van der Waals surface area contributed by atoms with E-state index in [0.29, 0.717) is 12.8 Å². The van der Waals surface area contributed by atoms with Crippen molar-refractivity contribution in [2.75, 3.05) is 14.2 Å². The summed E-state index contributed by atoms with van der Waals surface area (Å²) in [6.45, 7) is 7.66. The summed E-state index contributed by atoms with van der Waals surface area (Å²) in [6, 6.07) is 0. The highest BCUT2D eigenvalue weighted by molar-refractivity contribution is 6.08. The molecule has 0 aliphatic heterocycles. The normalized spacial score (nSPS) is 14.0. The van der Waals surface area contributed by atoms with Gasteiger partial charge in [-0.15, -0.1) is 0 Å². The van der Waals surface area contributed by atoms with Crippen LogP contribution in [0.4, 0.5) is 0 Å². The molecule has 2 atom stereocenters. The van der Waals surface area contributed by atoms with Crippen LogP contribution in [0.5, 0.6) is 0 Å². The third kappa shape index (κ3) is 5.72. The zero-order valence-electron chi connectivity index (χ0n) is 13.3. The second-order valence-electron chi connectivity index (χ2n) is 5.81. The highest BCUT2D eigenvalue weighted by atomic mass is 16.5. The molecule has 0 saturated carbocycles. The van der Waals surface area contributed by atoms with Crippen LogP contribution in [0.2, 0.25) is 0 Å². The van der Waals surface area contributed by atoms with E-state index >= 15 is 0 Å². The number of hydrogen-bond donors (Lipinski definition) is 0. The van der Waals surface area contributed by atoms with Crippen molar-refractivity contribution < 1.29 is 23.9 Å². The maximum Gasteiger partial charge on any atom is 0.316 e. The van der Waals surface area contributed by atoms with Gasteiger partial charge in [-0.1, -0.05) is 27.7 Å². The summed E-state index contributed by atoms with van der Waals surface area (Å²) in [6.07, 6.45) is 0.744. The maximum absolute atomic E-state index is 12.5. The minimum Gasteiger partial charge on any atom is -0.468 e. The summed E-state index contributed by atoms with van der Waals surface area (Å²) in [7, 11) is 2.50. The lowest BCUT2D eigenvalue weighted by atomic mass is 9.83. The number of carbonyl (C=O) groups excluding carboxylic acids is 3. The molecule has 0 rings (SSSR count). The first-order valence-electron chi connectivity index (χ1n) is 6.93. The Morgan fingerprint density at radius 2 is 1.05 bits per heavy atom. The Kier molecular flexibility index (Phi) is 8.11. The Labute approximate surface area is 121 Å². The van der Waals surface area contributed by atoms with Crippen molar-refractivity contribution in [3.05, 3.63) is 0 Å². The fourth-order valence-corrected chi connectivity index (χ4v) is 2.13. The van der Waals surface area contributed by atoms with Crippen LogP contribution in [0.1, 0.15) is 40.5 Å². The minimum atomic E-state index is -0.900. The molecule has 0 aromatic rings. The first-order valence-corrected chi connectivity index (χ1v) is 6.93. The van der Waals surface area contributed by atoms with Gasteiger partial charge in [-0.25, -0.2) is 0 Å². The molecule has 2 unspecified atom stereocenters. The molecule has 0 radical (unpaired) electrons. The number of rotatable bonds is 8. The summed E-state index contributed by atoms with van der Waals surface area (Å²) >= 11 is 0. The van der Waals surface area contributed by atoms with Crippen LogP contribution in [0.15, 0.2) is 0 Å². The zero-order valence-corrected chi connectivity index (χ0v) is 13.3. The van der Waals surface area contributed by atoms with E-state index < -0.39 is 29.6 Å². The van der Waals surface area contributed by atoms with Crippen LogP contribution >= 0.6 is 0 Å². The molecular formula is C15H26O5. The van der Waals surface area contributed by atoms with E-state index in [1.807, 2.05) is 27.7 Å². The van der Waals surface area contributed by atoms with Crippen molar-refractivity contribution in [2.45, 2.75) is 40.5 Å². The van der Waals surface area contributed by atoms with Crippen LogP contribution in [0.25, 0.3) is 0 Å². The number of esters is 2. The lowest BCUT2D eigenvalue weighted by Crippen LogP contribution is -2.37. The van der Waals surface area contributed by atoms with Gasteiger partial charge in [-0.05, 0) is 24.7 Å². The molecule has 20 heavy (non-hydrogen) atoms. The largest absolute Gasteiger partial charge is 0.468 e. The molecule has 0 fully saturated rings. The number of carbonyl (C=O) groups is 3. The van der Waals surface area contributed by atoms with Gasteiger partial charge in [0.15, 0.2) is 5.78 Å². The molecule has 0 aliphatic rings. The smallest absolute Gasteiger partial charge is 0.316 e. The number of methoxy groups -OCH3 is 2. The average Bonchev–Trinajstić information content (AvgIpc) is 2.39. The van der Waals surface area contributed by atoms with Crippen molar-refractivity contribution in [3.8, 4) is 0 Å². The van der Waals surface area contributed by atoms with Crippen LogP contribution in [-0.4, -0.2) is 31.9 Å². The predicted octanol–water partition coefficient (Wildman–Crippen LogP) is 2.23. The van der Waals surface area contributed by atoms with Gasteiger partial charge in [-0.2, -0.15) is 0 Å². The van der Waals surface area contributed by atoms with Crippen LogP contribution < -0.4 is 0 Å². The van der Waals surface area contributed by atoms with Gasteiger partial charge in [0.2, 0.25) is 0 Å². The molecular weight excluding hydrogens is 260 g/mol. The summed E-state index contributed by atoms with van der Waals surface area (Å²) < 4.78 is 9.38. The Bertz CT molecular complexity index is 314. The van der Waals surface area contributed by atoms with Gasteiger partial charge in [0, 0.05) is 0 Å². The van der Waals surface area contributed by atoms with E-state index in [1.165, 1.54) is 14.2 Å². The molecule has 0 heterocycles. The molecule has 0 N–H and O–H groups in total. The van der Waals surface area contributed by atoms with E-state index in [2.05, 4.69) is 0 Å². The van der Waals surface area contributed by atoms with Gasteiger partial charge in [0.25, 0.3) is 0 Å². The monoisotopic (exact) mass is 286 g/mol. The molecule has 0 amide bonds. The number of ketones is 1. The fraction of sp³-hybridized carbons (Fsp3) is 0.800. The summed E-state index contributed by atoms with van der Waals surface area (Å²) in [5.74, 6) is -3.06. The summed E-state index contributed by atoms with van der Waals surface area (Å²) in [4.78, 5) is 36.1. The van der Waals surface area contributed by atoms with E-state index in [9.17, 15) is 14.4 Å². The van der Waals surface area contributed by atoms with Gasteiger partial charge in [0.1, 0.15) is 11.8 Å². The van der Waals surface area contributed by atoms with Crippen molar-refractivity contribution in [3.63, 3.8) is 0 Å². The first-order chi connectivity index (χ1) is 9.24. The SMILES string of the molecule is COC(=O)C(CC(C)C)C(=O)C(CC(C)C)C(=O)OC. The van der Waals surface area contributed by atoms with Crippen molar-refractivity contribution >= 4 is 17.7 Å². The highest BCUT2D eigenvalue weighted by Crippen LogP contribution is 2.23.